The first kappa shape index (κ1) is 11.3. The van der Waals surface area contributed by atoms with Crippen molar-refractivity contribution in [3.63, 3.8) is 0 Å². The Morgan fingerprint density at radius 1 is 1.06 bits per heavy atom. The molecule has 1 aromatic heterocycles. The molecule has 0 bridgehead atoms. The van der Waals surface area contributed by atoms with Gasteiger partial charge in [-0.25, -0.2) is 4.98 Å². The first-order chi connectivity index (χ1) is 7.95. The molecule has 2 rings (SSSR count). The Labute approximate surface area is 100 Å². The van der Waals surface area contributed by atoms with Crippen LogP contribution in [-0.2, 0) is 12.8 Å². The van der Waals surface area contributed by atoms with Crippen LogP contribution in [-0.4, -0.2) is 18.1 Å². The Hall–Kier alpha value is -1.19. The number of nitrogens with zero attached hydrogens (tertiary/aromatic N) is 1. The van der Waals surface area contributed by atoms with Crippen molar-refractivity contribution >= 4 is 11.3 Å². The number of thiazole rings is 1. The monoisotopic (exact) mass is 232 g/mol. The van der Waals surface area contributed by atoms with Crippen LogP contribution in [0.3, 0.4) is 0 Å². The fraction of sp³-hybridized carbons (Fsp3) is 0.308. The molecule has 2 aromatic rings. The molecule has 0 radical (unpaired) electrons. The molecule has 1 aromatic carbocycles. The Balaban J connectivity index is 1.59. The fourth-order valence-electron chi connectivity index (χ4n) is 1.57. The van der Waals surface area contributed by atoms with Gasteiger partial charge < -0.3 is 5.32 Å². The van der Waals surface area contributed by atoms with Crippen molar-refractivity contribution in [3.05, 3.63) is 52.5 Å². The van der Waals surface area contributed by atoms with Crippen LogP contribution in [0.4, 0.5) is 0 Å². The third kappa shape index (κ3) is 3.76. The molecule has 0 aliphatic heterocycles. The first-order valence-corrected chi connectivity index (χ1v) is 6.46. The Morgan fingerprint density at radius 3 is 2.62 bits per heavy atom. The molecule has 0 fully saturated rings. The molecule has 0 saturated carbocycles. The highest BCUT2D eigenvalue weighted by Crippen LogP contribution is 2.03. The maximum Gasteiger partial charge on any atom is 0.0937 e. The number of benzene rings is 1. The molecule has 84 valence electrons. The molecule has 0 spiro atoms. The van der Waals surface area contributed by atoms with Crippen molar-refractivity contribution < 1.29 is 0 Å². The van der Waals surface area contributed by atoms with Crippen LogP contribution >= 0.6 is 11.3 Å². The van der Waals surface area contributed by atoms with E-state index in [1.807, 2.05) is 11.6 Å². The number of hydrogen-bond donors (Lipinski definition) is 1. The summed E-state index contributed by atoms with van der Waals surface area (Å²) in [6, 6.07) is 10.6. The van der Waals surface area contributed by atoms with E-state index in [2.05, 4.69) is 40.6 Å². The molecule has 16 heavy (non-hydrogen) atoms. The van der Waals surface area contributed by atoms with Gasteiger partial charge in [0.2, 0.25) is 0 Å². The van der Waals surface area contributed by atoms with E-state index in [0.717, 1.165) is 25.9 Å². The zero-order valence-electron chi connectivity index (χ0n) is 9.23. The molecular formula is C13H16N2S. The summed E-state index contributed by atoms with van der Waals surface area (Å²) in [5, 5.41) is 6.68. The van der Waals surface area contributed by atoms with Gasteiger partial charge in [0, 0.05) is 24.5 Å². The molecule has 0 atom stereocenters. The summed E-state index contributed by atoms with van der Waals surface area (Å²) in [6.07, 6.45) is 4.00. The zero-order valence-corrected chi connectivity index (χ0v) is 10.0. The number of rotatable bonds is 6. The molecule has 0 aliphatic carbocycles. The highest BCUT2D eigenvalue weighted by molar-refractivity contribution is 7.09. The minimum absolute atomic E-state index is 1.01. The van der Waals surface area contributed by atoms with Gasteiger partial charge in [-0.05, 0) is 18.5 Å². The van der Waals surface area contributed by atoms with E-state index in [1.54, 1.807) is 11.3 Å². The highest BCUT2D eigenvalue weighted by atomic mass is 32.1. The van der Waals surface area contributed by atoms with Crippen LogP contribution < -0.4 is 5.32 Å². The predicted octanol–water partition coefficient (Wildman–Crippen LogP) is 2.52. The lowest BCUT2D eigenvalue weighted by Gasteiger charge is -2.03. The molecular weight excluding hydrogens is 216 g/mol. The quantitative estimate of drug-likeness (QED) is 0.774. The molecule has 0 saturated heterocycles. The zero-order chi connectivity index (χ0) is 11.1. The third-order valence-corrected chi connectivity index (χ3v) is 3.27. The van der Waals surface area contributed by atoms with Gasteiger partial charge in [0.1, 0.15) is 0 Å². The van der Waals surface area contributed by atoms with Gasteiger partial charge in [-0.3, -0.25) is 0 Å². The second-order valence-corrected chi connectivity index (χ2v) is 4.64. The minimum Gasteiger partial charge on any atom is -0.316 e. The van der Waals surface area contributed by atoms with Gasteiger partial charge in [-0.15, -0.1) is 11.3 Å². The molecule has 2 nitrogen and oxygen atoms in total. The molecule has 3 heteroatoms. The predicted molar refractivity (Wildman–Crippen MR) is 68.8 cm³/mol. The Kier molecular flexibility index (Phi) is 4.52. The van der Waals surface area contributed by atoms with Crippen LogP contribution in [0.2, 0.25) is 0 Å². The number of hydrogen-bond acceptors (Lipinski definition) is 3. The summed E-state index contributed by atoms with van der Waals surface area (Å²) in [7, 11) is 0. The van der Waals surface area contributed by atoms with Crippen molar-refractivity contribution in [2.24, 2.45) is 0 Å². The second-order valence-electron chi connectivity index (χ2n) is 3.66. The van der Waals surface area contributed by atoms with Gasteiger partial charge in [0.15, 0.2) is 0 Å². The summed E-state index contributed by atoms with van der Waals surface area (Å²) in [4.78, 5) is 4.25. The molecule has 1 N–H and O–H groups in total. The Bertz CT molecular complexity index is 384. The minimum atomic E-state index is 1.01. The lowest BCUT2D eigenvalue weighted by Crippen LogP contribution is -2.20. The Morgan fingerprint density at radius 2 is 1.88 bits per heavy atom. The topological polar surface area (TPSA) is 24.9 Å². The maximum absolute atomic E-state index is 4.25. The SMILES string of the molecule is c1ccc(CCNCCc2nccs2)cc1. The van der Waals surface area contributed by atoms with Crippen LogP contribution in [0.1, 0.15) is 10.6 Å². The van der Waals surface area contributed by atoms with Gasteiger partial charge in [-0.1, -0.05) is 30.3 Å². The number of aromatic nitrogens is 1. The lowest BCUT2D eigenvalue weighted by atomic mass is 10.1. The van der Waals surface area contributed by atoms with Crippen molar-refractivity contribution in [2.45, 2.75) is 12.8 Å². The smallest absolute Gasteiger partial charge is 0.0937 e. The fourth-order valence-corrected chi connectivity index (χ4v) is 2.19. The summed E-state index contributed by atoms with van der Waals surface area (Å²) in [5.41, 5.74) is 1.39. The average Bonchev–Trinajstić information content (AvgIpc) is 2.83. The van der Waals surface area contributed by atoms with Gasteiger partial charge in [-0.2, -0.15) is 0 Å². The van der Waals surface area contributed by atoms with Gasteiger partial charge >= 0.3 is 0 Å². The summed E-state index contributed by atoms with van der Waals surface area (Å²) < 4.78 is 0. The molecule has 0 amide bonds. The van der Waals surface area contributed by atoms with Crippen molar-refractivity contribution in [3.8, 4) is 0 Å². The van der Waals surface area contributed by atoms with Crippen LogP contribution in [0.15, 0.2) is 41.9 Å². The van der Waals surface area contributed by atoms with Gasteiger partial charge in [0.25, 0.3) is 0 Å². The summed E-state index contributed by atoms with van der Waals surface area (Å²) in [5.74, 6) is 0. The third-order valence-electron chi connectivity index (χ3n) is 2.43. The van der Waals surface area contributed by atoms with Crippen molar-refractivity contribution in [1.82, 2.24) is 10.3 Å². The maximum atomic E-state index is 4.25. The molecule has 0 unspecified atom stereocenters. The van der Waals surface area contributed by atoms with Crippen LogP contribution in [0.5, 0.6) is 0 Å². The van der Waals surface area contributed by atoms with E-state index in [-0.39, 0.29) is 0 Å². The van der Waals surface area contributed by atoms with Crippen molar-refractivity contribution in [1.29, 1.82) is 0 Å². The van der Waals surface area contributed by atoms with E-state index >= 15 is 0 Å². The van der Waals surface area contributed by atoms with E-state index in [0.29, 0.717) is 0 Å². The first-order valence-electron chi connectivity index (χ1n) is 5.58. The van der Waals surface area contributed by atoms with E-state index in [4.69, 9.17) is 0 Å². The normalized spacial score (nSPS) is 10.5. The highest BCUT2D eigenvalue weighted by Gasteiger charge is 1.95. The molecule has 0 aliphatic rings. The van der Waals surface area contributed by atoms with Crippen molar-refractivity contribution in [2.75, 3.05) is 13.1 Å². The summed E-state index contributed by atoms with van der Waals surface area (Å²) in [6.45, 7) is 2.05. The van der Waals surface area contributed by atoms with Crippen LogP contribution in [0.25, 0.3) is 0 Å². The summed E-state index contributed by atoms with van der Waals surface area (Å²) >= 11 is 1.73. The standard InChI is InChI=1S/C13H16N2S/c1-2-4-12(5-3-1)6-8-14-9-7-13-15-10-11-16-13/h1-5,10-11,14H,6-9H2. The van der Waals surface area contributed by atoms with Gasteiger partial charge in [0.05, 0.1) is 5.01 Å². The van der Waals surface area contributed by atoms with E-state index in [9.17, 15) is 0 Å². The largest absolute Gasteiger partial charge is 0.316 e. The van der Waals surface area contributed by atoms with E-state index < -0.39 is 0 Å². The number of nitrogens with one attached hydrogen (secondary N) is 1. The second kappa shape index (κ2) is 6.40. The van der Waals surface area contributed by atoms with E-state index in [1.165, 1.54) is 10.6 Å². The lowest BCUT2D eigenvalue weighted by molar-refractivity contribution is 0.680. The average molecular weight is 232 g/mol. The van der Waals surface area contributed by atoms with Crippen LogP contribution in [0, 0.1) is 0 Å². The molecule has 1 heterocycles.